The van der Waals surface area contributed by atoms with E-state index in [4.69, 9.17) is 5.11 Å². The van der Waals surface area contributed by atoms with E-state index in [-0.39, 0.29) is 5.41 Å². The van der Waals surface area contributed by atoms with Crippen molar-refractivity contribution >= 4 is 23.7 Å². The standard InChI is InChI=1S/C29H24O2/c1-29(2)19-18-24(14-10-21-6-4-3-5-7-21)26-20-23(13-17-27(26)29)9-8-22-11-15-25(16-12-22)28(30)31/h3-9,11-13,15-18,20H,19H2,1-2H3,(H,30,31)/b9-8+. The van der Waals surface area contributed by atoms with Gasteiger partial charge in [0.05, 0.1) is 5.56 Å². The summed E-state index contributed by atoms with van der Waals surface area (Å²) < 4.78 is 0. The predicted molar refractivity (Wildman–Crippen MR) is 128 cm³/mol. The summed E-state index contributed by atoms with van der Waals surface area (Å²) in [6.07, 6.45) is 7.26. The molecule has 2 heteroatoms. The van der Waals surface area contributed by atoms with Gasteiger partial charge >= 0.3 is 5.97 Å². The van der Waals surface area contributed by atoms with Crippen molar-refractivity contribution in [2.45, 2.75) is 25.7 Å². The average molecular weight is 405 g/mol. The number of carboxylic acid groups (broad SMARTS) is 1. The Morgan fingerprint density at radius 3 is 2.29 bits per heavy atom. The lowest BCUT2D eigenvalue weighted by molar-refractivity contribution is 0.0697. The van der Waals surface area contributed by atoms with Gasteiger partial charge < -0.3 is 5.11 Å². The summed E-state index contributed by atoms with van der Waals surface area (Å²) in [5.41, 5.74) is 6.99. The second kappa shape index (κ2) is 8.50. The van der Waals surface area contributed by atoms with Gasteiger partial charge in [0.2, 0.25) is 0 Å². The average Bonchev–Trinajstić information content (AvgIpc) is 2.78. The molecule has 1 aliphatic carbocycles. The molecular weight excluding hydrogens is 380 g/mol. The van der Waals surface area contributed by atoms with Crippen molar-refractivity contribution in [3.63, 3.8) is 0 Å². The third-order valence-electron chi connectivity index (χ3n) is 5.62. The molecule has 1 aliphatic rings. The quantitative estimate of drug-likeness (QED) is 0.391. The van der Waals surface area contributed by atoms with Crippen LogP contribution in [0.15, 0.2) is 78.9 Å². The van der Waals surface area contributed by atoms with E-state index in [0.717, 1.165) is 28.7 Å². The van der Waals surface area contributed by atoms with Crippen molar-refractivity contribution < 1.29 is 9.90 Å². The van der Waals surface area contributed by atoms with Crippen LogP contribution in [0.3, 0.4) is 0 Å². The third kappa shape index (κ3) is 4.68. The highest BCUT2D eigenvalue weighted by Gasteiger charge is 2.27. The van der Waals surface area contributed by atoms with E-state index in [2.05, 4.69) is 56.0 Å². The summed E-state index contributed by atoms with van der Waals surface area (Å²) in [4.78, 5) is 11.0. The molecule has 0 fully saturated rings. The number of rotatable bonds is 3. The van der Waals surface area contributed by atoms with Crippen LogP contribution in [0, 0.1) is 11.8 Å². The Balaban J connectivity index is 1.65. The largest absolute Gasteiger partial charge is 0.478 e. The zero-order valence-corrected chi connectivity index (χ0v) is 17.7. The summed E-state index contributed by atoms with van der Waals surface area (Å²) >= 11 is 0. The Bertz CT molecular complexity index is 1230. The second-order valence-corrected chi connectivity index (χ2v) is 8.39. The fourth-order valence-corrected chi connectivity index (χ4v) is 3.76. The fourth-order valence-electron chi connectivity index (χ4n) is 3.76. The van der Waals surface area contributed by atoms with Crippen LogP contribution in [-0.2, 0) is 5.41 Å². The van der Waals surface area contributed by atoms with Gasteiger partial charge in [0.25, 0.3) is 0 Å². The van der Waals surface area contributed by atoms with Crippen LogP contribution < -0.4 is 0 Å². The smallest absolute Gasteiger partial charge is 0.335 e. The first-order valence-corrected chi connectivity index (χ1v) is 10.4. The number of carbonyl (C=O) groups is 1. The van der Waals surface area contributed by atoms with Gasteiger partial charge in [-0.3, -0.25) is 0 Å². The lowest BCUT2D eigenvalue weighted by atomic mass is 9.73. The van der Waals surface area contributed by atoms with Gasteiger partial charge in [0.1, 0.15) is 0 Å². The Kier molecular flexibility index (Phi) is 5.60. The van der Waals surface area contributed by atoms with E-state index in [1.165, 1.54) is 11.1 Å². The number of hydrogen-bond acceptors (Lipinski definition) is 1. The van der Waals surface area contributed by atoms with Crippen LogP contribution in [0.2, 0.25) is 0 Å². The van der Waals surface area contributed by atoms with Gasteiger partial charge in [-0.1, -0.05) is 86.4 Å². The van der Waals surface area contributed by atoms with Crippen LogP contribution in [0.1, 0.15) is 58.4 Å². The van der Waals surface area contributed by atoms with Crippen LogP contribution >= 0.6 is 0 Å². The normalized spacial score (nSPS) is 14.3. The SMILES string of the molecule is CC1(C)CC=C(C#Cc2ccccc2)c2cc(/C=C/c3ccc(C(=O)O)cc3)ccc21. The maximum Gasteiger partial charge on any atom is 0.335 e. The minimum Gasteiger partial charge on any atom is -0.478 e. The van der Waals surface area contributed by atoms with Crippen molar-refractivity contribution in [3.8, 4) is 11.8 Å². The maximum absolute atomic E-state index is 11.0. The molecule has 152 valence electrons. The molecule has 0 aliphatic heterocycles. The first-order valence-electron chi connectivity index (χ1n) is 10.4. The van der Waals surface area contributed by atoms with E-state index < -0.39 is 5.97 Å². The first-order chi connectivity index (χ1) is 14.9. The second-order valence-electron chi connectivity index (χ2n) is 8.39. The van der Waals surface area contributed by atoms with Crippen LogP contribution in [0.4, 0.5) is 0 Å². The van der Waals surface area contributed by atoms with Crippen LogP contribution in [0.25, 0.3) is 17.7 Å². The van der Waals surface area contributed by atoms with Crippen LogP contribution in [-0.4, -0.2) is 11.1 Å². The highest BCUT2D eigenvalue weighted by atomic mass is 16.4. The molecule has 0 spiro atoms. The molecule has 0 radical (unpaired) electrons. The molecular formula is C29H24O2. The molecule has 0 unspecified atom stereocenters. The lowest BCUT2D eigenvalue weighted by Crippen LogP contribution is -2.21. The zero-order chi connectivity index (χ0) is 21.8. The molecule has 3 aromatic rings. The van der Waals surface area contributed by atoms with E-state index in [0.29, 0.717) is 5.56 Å². The van der Waals surface area contributed by atoms with E-state index >= 15 is 0 Å². The maximum atomic E-state index is 11.0. The van der Waals surface area contributed by atoms with Crippen molar-refractivity contribution in [1.82, 2.24) is 0 Å². The Hall–Kier alpha value is -3.83. The summed E-state index contributed by atoms with van der Waals surface area (Å²) in [5, 5.41) is 9.05. The Morgan fingerprint density at radius 1 is 0.903 bits per heavy atom. The number of fused-ring (bicyclic) bond motifs is 1. The summed E-state index contributed by atoms with van der Waals surface area (Å²) in [5.74, 6) is 5.76. The minimum absolute atomic E-state index is 0.0716. The Morgan fingerprint density at radius 2 is 1.58 bits per heavy atom. The minimum atomic E-state index is -0.913. The van der Waals surface area contributed by atoms with E-state index in [9.17, 15) is 4.79 Å². The van der Waals surface area contributed by atoms with Crippen molar-refractivity contribution in [2.24, 2.45) is 0 Å². The highest BCUT2D eigenvalue weighted by molar-refractivity contribution is 5.88. The number of allylic oxidation sites excluding steroid dienone is 2. The topological polar surface area (TPSA) is 37.3 Å². The number of carboxylic acids is 1. The van der Waals surface area contributed by atoms with Crippen LogP contribution in [0.5, 0.6) is 0 Å². The van der Waals surface area contributed by atoms with E-state index in [1.54, 1.807) is 12.1 Å². The number of aromatic carboxylic acids is 1. The molecule has 1 N–H and O–H groups in total. The number of hydrogen-bond donors (Lipinski definition) is 1. The molecule has 31 heavy (non-hydrogen) atoms. The molecule has 0 amide bonds. The van der Waals surface area contributed by atoms with Crippen molar-refractivity contribution in [3.05, 3.63) is 112 Å². The fraction of sp³-hybridized carbons (Fsp3) is 0.138. The molecule has 2 nitrogen and oxygen atoms in total. The summed E-state index contributed by atoms with van der Waals surface area (Å²) in [6, 6.07) is 23.5. The van der Waals surface area contributed by atoms with E-state index in [1.807, 2.05) is 48.5 Å². The first kappa shape index (κ1) is 20.4. The molecule has 0 atom stereocenters. The van der Waals surface area contributed by atoms with Gasteiger partial charge in [-0.05, 0) is 64.4 Å². The monoisotopic (exact) mass is 404 g/mol. The Labute approximate surface area is 183 Å². The summed E-state index contributed by atoms with van der Waals surface area (Å²) in [7, 11) is 0. The van der Waals surface area contributed by atoms with Gasteiger partial charge in [-0.2, -0.15) is 0 Å². The van der Waals surface area contributed by atoms with Crippen molar-refractivity contribution in [1.29, 1.82) is 0 Å². The van der Waals surface area contributed by atoms with Gasteiger partial charge in [-0.15, -0.1) is 0 Å². The van der Waals surface area contributed by atoms with Gasteiger partial charge in [0.15, 0.2) is 0 Å². The zero-order valence-electron chi connectivity index (χ0n) is 17.7. The highest BCUT2D eigenvalue weighted by Crippen LogP contribution is 2.39. The summed E-state index contributed by atoms with van der Waals surface area (Å²) in [6.45, 7) is 4.53. The molecule has 0 bridgehead atoms. The molecule has 0 heterocycles. The molecule has 3 aromatic carbocycles. The van der Waals surface area contributed by atoms with Crippen molar-refractivity contribution in [2.75, 3.05) is 0 Å². The molecule has 0 saturated heterocycles. The number of benzene rings is 3. The third-order valence-corrected chi connectivity index (χ3v) is 5.62. The van der Waals surface area contributed by atoms with Gasteiger partial charge in [0, 0.05) is 11.1 Å². The predicted octanol–water partition coefficient (Wildman–Crippen LogP) is 6.67. The molecule has 4 rings (SSSR count). The molecule has 0 aromatic heterocycles. The lowest BCUT2D eigenvalue weighted by Gasteiger charge is -2.31. The molecule has 0 saturated carbocycles. The van der Waals surface area contributed by atoms with Gasteiger partial charge in [-0.25, -0.2) is 4.79 Å².